The second kappa shape index (κ2) is 7.21. The van der Waals surface area contributed by atoms with Crippen LogP contribution in [-0.4, -0.2) is 23.0 Å². The Morgan fingerprint density at radius 3 is 2.50 bits per heavy atom. The molecular formula is C21H17N5O2S2. The molecule has 7 nitrogen and oxygen atoms in total. The molecule has 30 heavy (non-hydrogen) atoms. The molecule has 0 spiro atoms. The minimum atomic E-state index is -3.72. The van der Waals surface area contributed by atoms with Gasteiger partial charge in [-0.05, 0) is 40.6 Å². The van der Waals surface area contributed by atoms with Gasteiger partial charge in [-0.1, -0.05) is 53.8 Å². The number of anilines is 2. The molecule has 2 N–H and O–H groups in total. The minimum absolute atomic E-state index is 0.0937. The molecule has 2 aromatic heterocycles. The van der Waals surface area contributed by atoms with E-state index >= 15 is 0 Å². The molecule has 9 heteroatoms. The molecule has 0 aliphatic heterocycles. The van der Waals surface area contributed by atoms with Crippen LogP contribution in [0, 0.1) is 0 Å². The van der Waals surface area contributed by atoms with Crippen molar-refractivity contribution in [3.63, 3.8) is 0 Å². The summed E-state index contributed by atoms with van der Waals surface area (Å²) < 4.78 is 24.9. The van der Waals surface area contributed by atoms with Crippen LogP contribution in [0.5, 0.6) is 0 Å². The molecule has 0 saturated carbocycles. The maximum atomic E-state index is 11.6. The monoisotopic (exact) mass is 435 g/mol. The van der Waals surface area contributed by atoms with Gasteiger partial charge in [0, 0.05) is 11.9 Å². The summed E-state index contributed by atoms with van der Waals surface area (Å²) in [6.45, 7) is 0.514. The van der Waals surface area contributed by atoms with Crippen LogP contribution in [0.3, 0.4) is 0 Å². The average Bonchev–Trinajstić information content (AvgIpc) is 3.34. The van der Waals surface area contributed by atoms with E-state index in [1.54, 1.807) is 22.8 Å². The number of primary sulfonamides is 1. The van der Waals surface area contributed by atoms with E-state index in [9.17, 15) is 8.42 Å². The Kier molecular flexibility index (Phi) is 4.50. The van der Waals surface area contributed by atoms with Crippen molar-refractivity contribution in [1.82, 2.24) is 14.6 Å². The smallest absolute Gasteiger partial charge is 0.238 e. The van der Waals surface area contributed by atoms with E-state index < -0.39 is 10.0 Å². The van der Waals surface area contributed by atoms with Crippen molar-refractivity contribution in [3.8, 4) is 0 Å². The van der Waals surface area contributed by atoms with Gasteiger partial charge in [0.25, 0.3) is 0 Å². The number of fused-ring (bicyclic) bond motifs is 2. The van der Waals surface area contributed by atoms with Gasteiger partial charge < -0.3 is 4.90 Å². The first-order chi connectivity index (χ1) is 14.5. The Morgan fingerprint density at radius 2 is 1.77 bits per heavy atom. The van der Waals surface area contributed by atoms with Crippen molar-refractivity contribution in [1.29, 1.82) is 0 Å². The summed E-state index contributed by atoms with van der Waals surface area (Å²) in [6.07, 6.45) is 3.53. The van der Waals surface area contributed by atoms with Crippen LogP contribution in [0.4, 0.5) is 10.8 Å². The normalized spacial score (nSPS) is 11.9. The number of benzene rings is 3. The summed E-state index contributed by atoms with van der Waals surface area (Å²) in [5.41, 5.74) is 1.92. The van der Waals surface area contributed by atoms with Gasteiger partial charge in [0.2, 0.25) is 20.1 Å². The number of nitrogens with two attached hydrogens (primary N) is 1. The van der Waals surface area contributed by atoms with Crippen molar-refractivity contribution in [2.45, 2.75) is 11.4 Å². The third kappa shape index (κ3) is 3.54. The molecular weight excluding hydrogens is 418 g/mol. The van der Waals surface area contributed by atoms with E-state index in [0.717, 1.165) is 32.1 Å². The van der Waals surface area contributed by atoms with E-state index in [1.165, 1.54) is 23.5 Å². The van der Waals surface area contributed by atoms with Crippen LogP contribution in [0.2, 0.25) is 0 Å². The number of hydrogen-bond donors (Lipinski definition) is 1. The molecule has 5 rings (SSSR count). The Labute approximate surface area is 177 Å². The van der Waals surface area contributed by atoms with Crippen LogP contribution in [-0.2, 0) is 16.6 Å². The molecule has 0 aliphatic rings. The van der Waals surface area contributed by atoms with Gasteiger partial charge in [0.15, 0.2) is 0 Å². The van der Waals surface area contributed by atoms with Gasteiger partial charge in [-0.3, -0.25) is 0 Å². The van der Waals surface area contributed by atoms with Crippen LogP contribution >= 0.6 is 11.3 Å². The third-order valence-corrected chi connectivity index (χ3v) is 6.72. The van der Waals surface area contributed by atoms with Gasteiger partial charge in [-0.15, -0.1) is 5.10 Å². The van der Waals surface area contributed by atoms with Crippen molar-refractivity contribution < 1.29 is 8.42 Å². The van der Waals surface area contributed by atoms with E-state index in [-0.39, 0.29) is 4.90 Å². The standard InChI is InChI=1S/C21H17N5O2S2/c22-30(27,28)19-9-5-15(6-10-19)14-25(21-24-26-12-11-23-20(26)29-21)18-8-7-16-3-1-2-4-17(16)13-18/h1-13H,14H2,(H2,22,27,28). The van der Waals surface area contributed by atoms with Crippen LogP contribution in [0.1, 0.15) is 5.56 Å². The second-order valence-corrected chi connectivity index (χ2v) is 9.34. The van der Waals surface area contributed by atoms with Gasteiger partial charge in [-0.25, -0.2) is 23.1 Å². The first-order valence-corrected chi connectivity index (χ1v) is 11.5. The van der Waals surface area contributed by atoms with Crippen molar-refractivity contribution in [2.75, 3.05) is 4.90 Å². The molecule has 0 unspecified atom stereocenters. The van der Waals surface area contributed by atoms with Crippen molar-refractivity contribution in [2.24, 2.45) is 5.14 Å². The number of rotatable bonds is 5. The Balaban J connectivity index is 1.57. The fraction of sp³-hybridized carbons (Fsp3) is 0.0476. The summed E-state index contributed by atoms with van der Waals surface area (Å²) in [4.78, 5) is 7.32. The van der Waals surface area contributed by atoms with Gasteiger partial charge >= 0.3 is 0 Å². The zero-order chi connectivity index (χ0) is 20.7. The highest BCUT2D eigenvalue weighted by Gasteiger charge is 2.17. The van der Waals surface area contributed by atoms with Crippen molar-refractivity contribution >= 4 is 47.9 Å². The lowest BCUT2D eigenvalue weighted by Crippen LogP contribution is -2.17. The highest BCUT2D eigenvalue weighted by atomic mass is 32.2. The quantitative estimate of drug-likeness (QED) is 0.451. The highest BCUT2D eigenvalue weighted by molar-refractivity contribution is 7.89. The summed E-state index contributed by atoms with van der Waals surface area (Å²) in [7, 11) is -3.72. The van der Waals surface area contributed by atoms with Gasteiger partial charge in [0.05, 0.1) is 17.6 Å². The summed E-state index contributed by atoms with van der Waals surface area (Å²) >= 11 is 1.49. The molecule has 0 atom stereocenters. The number of nitrogens with zero attached hydrogens (tertiary/aromatic N) is 4. The lowest BCUT2D eigenvalue weighted by Gasteiger charge is -2.22. The molecule has 2 heterocycles. The largest absolute Gasteiger partial charge is 0.312 e. The highest BCUT2D eigenvalue weighted by Crippen LogP contribution is 2.33. The number of hydrogen-bond acceptors (Lipinski definition) is 6. The van der Waals surface area contributed by atoms with Crippen LogP contribution in [0.15, 0.2) is 84.0 Å². The van der Waals surface area contributed by atoms with E-state index in [0.29, 0.717) is 6.54 Å². The van der Waals surface area contributed by atoms with Gasteiger partial charge in [-0.2, -0.15) is 0 Å². The molecule has 5 aromatic rings. The van der Waals surface area contributed by atoms with E-state index in [4.69, 9.17) is 5.14 Å². The zero-order valence-corrected chi connectivity index (χ0v) is 17.3. The maximum Gasteiger partial charge on any atom is 0.238 e. The van der Waals surface area contributed by atoms with E-state index in [2.05, 4.69) is 45.3 Å². The Morgan fingerprint density at radius 1 is 1.00 bits per heavy atom. The predicted octanol–water partition coefficient (Wildman–Crippen LogP) is 3.93. The number of aromatic nitrogens is 3. The van der Waals surface area contributed by atoms with Crippen LogP contribution < -0.4 is 10.0 Å². The molecule has 3 aromatic carbocycles. The summed E-state index contributed by atoms with van der Waals surface area (Å²) in [5, 5.41) is 13.0. The maximum absolute atomic E-state index is 11.6. The number of imidazole rings is 1. The third-order valence-electron chi connectivity index (χ3n) is 4.83. The second-order valence-electron chi connectivity index (χ2n) is 6.85. The predicted molar refractivity (Wildman–Crippen MR) is 118 cm³/mol. The fourth-order valence-electron chi connectivity index (χ4n) is 3.32. The molecule has 0 amide bonds. The lowest BCUT2D eigenvalue weighted by atomic mass is 10.1. The first-order valence-electron chi connectivity index (χ1n) is 9.16. The fourth-order valence-corrected chi connectivity index (χ4v) is 4.71. The summed E-state index contributed by atoms with van der Waals surface area (Å²) in [5.74, 6) is 0. The van der Waals surface area contributed by atoms with Crippen LogP contribution in [0.25, 0.3) is 15.7 Å². The molecule has 150 valence electrons. The lowest BCUT2D eigenvalue weighted by molar-refractivity contribution is 0.598. The molecule has 0 fully saturated rings. The van der Waals surface area contributed by atoms with Gasteiger partial charge in [0.1, 0.15) is 0 Å². The topological polar surface area (TPSA) is 93.6 Å². The molecule has 0 bridgehead atoms. The van der Waals surface area contributed by atoms with Crippen molar-refractivity contribution in [3.05, 3.63) is 84.7 Å². The Bertz CT molecular complexity index is 1430. The zero-order valence-electron chi connectivity index (χ0n) is 15.7. The minimum Gasteiger partial charge on any atom is -0.312 e. The number of sulfonamides is 1. The Hall–Kier alpha value is -3.27. The molecule has 0 aliphatic carbocycles. The SMILES string of the molecule is NS(=O)(=O)c1ccc(CN(c2ccc3ccccc3c2)c2nn3ccnc3s2)cc1. The average molecular weight is 436 g/mol. The first kappa shape index (κ1) is 18.7. The molecule has 0 saturated heterocycles. The molecule has 0 radical (unpaired) electrons. The van der Waals surface area contributed by atoms with E-state index in [1.807, 2.05) is 18.3 Å². The summed E-state index contributed by atoms with van der Waals surface area (Å²) in [6, 6.07) is 21.0.